The molecular formula is C27H40F2N2O3S. The van der Waals surface area contributed by atoms with Gasteiger partial charge in [0.15, 0.2) is 0 Å². The number of hydrogen-bond donors (Lipinski definition) is 1. The SMILES string of the molecule is CCOC1(CCCN2C[C@@H]3[C@H](C2)[C@@]3(CC)c2cccc(NS(=O)(=O)C3CC3)c2)CCC(F)(F)CC1. The molecule has 5 nitrogen and oxygen atoms in total. The molecule has 4 aliphatic rings. The van der Waals surface area contributed by atoms with Gasteiger partial charge in [-0.25, -0.2) is 17.2 Å². The molecule has 35 heavy (non-hydrogen) atoms. The zero-order chi connectivity index (χ0) is 24.9. The molecule has 1 aliphatic heterocycles. The first-order chi connectivity index (χ1) is 16.6. The van der Waals surface area contributed by atoms with Crippen molar-refractivity contribution < 1.29 is 21.9 Å². The van der Waals surface area contributed by atoms with Crippen LogP contribution in [0.5, 0.6) is 0 Å². The number of sulfonamides is 1. The number of hydrogen-bond acceptors (Lipinski definition) is 4. The number of fused-ring (bicyclic) bond motifs is 1. The average Bonchev–Trinajstić information content (AvgIpc) is 3.72. The number of halogens is 2. The van der Waals surface area contributed by atoms with E-state index in [0.29, 0.717) is 37.0 Å². The monoisotopic (exact) mass is 510 g/mol. The average molecular weight is 511 g/mol. The lowest BCUT2D eigenvalue weighted by atomic mass is 9.79. The predicted molar refractivity (Wildman–Crippen MR) is 134 cm³/mol. The molecule has 0 aromatic heterocycles. The molecule has 3 saturated carbocycles. The highest BCUT2D eigenvalue weighted by molar-refractivity contribution is 7.93. The van der Waals surface area contributed by atoms with Gasteiger partial charge in [-0.05, 0) is 87.9 Å². The van der Waals surface area contributed by atoms with E-state index in [1.165, 1.54) is 5.56 Å². The van der Waals surface area contributed by atoms with Crippen molar-refractivity contribution in [1.29, 1.82) is 0 Å². The maximum atomic E-state index is 13.7. The van der Waals surface area contributed by atoms with Crippen LogP contribution in [0.1, 0.15) is 77.2 Å². The van der Waals surface area contributed by atoms with Crippen molar-refractivity contribution in [3.05, 3.63) is 29.8 Å². The summed E-state index contributed by atoms with van der Waals surface area (Å²) in [6.45, 7) is 7.87. The highest BCUT2D eigenvalue weighted by Gasteiger charge is 2.67. The number of benzene rings is 1. The number of rotatable bonds is 11. The van der Waals surface area contributed by atoms with Gasteiger partial charge in [-0.2, -0.15) is 0 Å². The third kappa shape index (κ3) is 4.99. The third-order valence-corrected chi connectivity index (χ3v) is 11.1. The van der Waals surface area contributed by atoms with Gasteiger partial charge in [0.25, 0.3) is 0 Å². The Kier molecular flexibility index (Phi) is 6.71. The molecule has 3 atom stereocenters. The lowest BCUT2D eigenvalue weighted by molar-refractivity contribution is -0.134. The molecule has 0 spiro atoms. The Morgan fingerprint density at radius 1 is 1.09 bits per heavy atom. The van der Waals surface area contributed by atoms with Gasteiger partial charge >= 0.3 is 0 Å². The predicted octanol–water partition coefficient (Wildman–Crippen LogP) is 5.56. The van der Waals surface area contributed by atoms with Gasteiger partial charge in [0.1, 0.15) is 0 Å². The molecule has 0 unspecified atom stereocenters. The molecule has 1 aromatic carbocycles. The normalized spacial score (nSPS) is 31.8. The quantitative estimate of drug-likeness (QED) is 0.423. The fraction of sp³-hybridized carbons (Fsp3) is 0.778. The van der Waals surface area contributed by atoms with E-state index in [0.717, 1.165) is 51.7 Å². The minimum absolute atomic E-state index is 0.0598. The molecule has 1 aromatic rings. The van der Waals surface area contributed by atoms with Crippen molar-refractivity contribution in [3.8, 4) is 0 Å². The van der Waals surface area contributed by atoms with Crippen LogP contribution in [0.25, 0.3) is 0 Å². The Hall–Kier alpha value is -1.25. The summed E-state index contributed by atoms with van der Waals surface area (Å²) in [5, 5.41) is -0.230. The molecule has 3 aliphatic carbocycles. The smallest absolute Gasteiger partial charge is 0.248 e. The summed E-state index contributed by atoms with van der Waals surface area (Å²) in [5.74, 6) is -1.34. The zero-order valence-corrected chi connectivity index (χ0v) is 21.9. The molecule has 1 N–H and O–H groups in total. The van der Waals surface area contributed by atoms with E-state index in [2.05, 4.69) is 28.7 Å². The van der Waals surface area contributed by atoms with E-state index in [-0.39, 0.29) is 29.1 Å². The van der Waals surface area contributed by atoms with Gasteiger partial charge in [-0.1, -0.05) is 19.1 Å². The van der Waals surface area contributed by atoms with Gasteiger partial charge in [0.05, 0.1) is 10.9 Å². The standard InChI is InChI=1S/C27H40F2N2O3S/c1-3-27(20-7-5-8-21(17-20)30-35(32,33)22-9-10-22)23-18-31(19-24(23)27)16-6-11-25(34-4-2)12-14-26(28,29)15-13-25/h5,7-8,17,22-24,30H,3-4,6,9-16,18-19H2,1-2H3/t23-,24+,27+. The fourth-order valence-corrected chi connectivity index (χ4v) is 8.50. The lowest BCUT2D eigenvalue weighted by Gasteiger charge is -2.40. The van der Waals surface area contributed by atoms with Crippen LogP contribution in [-0.2, 0) is 20.2 Å². The number of nitrogens with one attached hydrogen (secondary N) is 1. The van der Waals surface area contributed by atoms with Crippen LogP contribution in [0, 0.1) is 11.8 Å². The van der Waals surface area contributed by atoms with Crippen molar-refractivity contribution in [3.63, 3.8) is 0 Å². The second-order valence-electron chi connectivity index (χ2n) is 11.4. The number of likely N-dealkylation sites (tertiary alicyclic amines) is 1. The van der Waals surface area contributed by atoms with Crippen molar-refractivity contribution >= 4 is 15.7 Å². The summed E-state index contributed by atoms with van der Waals surface area (Å²) in [7, 11) is -3.26. The van der Waals surface area contributed by atoms with E-state index in [4.69, 9.17) is 4.74 Å². The summed E-state index contributed by atoms with van der Waals surface area (Å²) in [6, 6.07) is 8.04. The van der Waals surface area contributed by atoms with Crippen LogP contribution in [0.2, 0.25) is 0 Å². The topological polar surface area (TPSA) is 58.6 Å². The number of alkyl halides is 2. The second kappa shape index (κ2) is 9.25. The molecule has 1 saturated heterocycles. The summed E-state index contributed by atoms with van der Waals surface area (Å²) < 4.78 is 61.0. The van der Waals surface area contributed by atoms with Gasteiger partial charge in [0, 0.05) is 43.6 Å². The van der Waals surface area contributed by atoms with Gasteiger partial charge in [-0.3, -0.25) is 4.72 Å². The van der Waals surface area contributed by atoms with Crippen molar-refractivity contribution in [1.82, 2.24) is 4.90 Å². The minimum atomic E-state index is -3.26. The number of piperidine rings is 1. The van der Waals surface area contributed by atoms with E-state index in [9.17, 15) is 17.2 Å². The van der Waals surface area contributed by atoms with Crippen molar-refractivity contribution in [2.24, 2.45) is 11.8 Å². The van der Waals surface area contributed by atoms with E-state index in [1.54, 1.807) is 0 Å². The Balaban J connectivity index is 1.16. The van der Waals surface area contributed by atoms with E-state index >= 15 is 0 Å². The maximum absolute atomic E-state index is 13.7. The summed E-state index contributed by atoms with van der Waals surface area (Å²) in [6.07, 6.45) is 5.19. The third-order valence-electron chi connectivity index (χ3n) is 9.27. The van der Waals surface area contributed by atoms with Gasteiger partial charge < -0.3 is 9.64 Å². The summed E-state index contributed by atoms with van der Waals surface area (Å²) in [4.78, 5) is 2.53. The molecular weight excluding hydrogens is 470 g/mol. The summed E-state index contributed by atoms with van der Waals surface area (Å²) in [5.41, 5.74) is 1.70. The number of nitrogens with zero attached hydrogens (tertiary/aromatic N) is 1. The van der Waals surface area contributed by atoms with Crippen molar-refractivity contribution in [2.45, 2.75) is 93.8 Å². The summed E-state index contributed by atoms with van der Waals surface area (Å²) >= 11 is 0. The van der Waals surface area contributed by atoms with E-state index in [1.807, 2.05) is 19.1 Å². The van der Waals surface area contributed by atoms with Crippen LogP contribution in [-0.4, -0.2) is 56.3 Å². The highest BCUT2D eigenvalue weighted by Crippen LogP contribution is 2.65. The second-order valence-corrected chi connectivity index (χ2v) is 13.3. The molecule has 0 radical (unpaired) electrons. The Morgan fingerprint density at radius 2 is 1.77 bits per heavy atom. The first kappa shape index (κ1) is 25.4. The van der Waals surface area contributed by atoms with Crippen LogP contribution in [0.4, 0.5) is 14.5 Å². The fourth-order valence-electron chi connectivity index (χ4n) is 7.12. The Labute approximate surface area is 209 Å². The first-order valence-corrected chi connectivity index (χ1v) is 15.0. The van der Waals surface area contributed by atoms with Crippen molar-refractivity contribution in [2.75, 3.05) is 31.0 Å². The Bertz CT molecular complexity index is 1010. The van der Waals surface area contributed by atoms with Crippen LogP contribution in [0.15, 0.2) is 24.3 Å². The molecule has 196 valence electrons. The van der Waals surface area contributed by atoms with Gasteiger partial charge in [0.2, 0.25) is 15.9 Å². The Morgan fingerprint density at radius 3 is 2.37 bits per heavy atom. The molecule has 5 rings (SSSR count). The molecule has 0 amide bonds. The zero-order valence-electron chi connectivity index (χ0n) is 21.1. The lowest BCUT2D eigenvalue weighted by Crippen LogP contribution is -2.41. The largest absolute Gasteiger partial charge is 0.375 e. The van der Waals surface area contributed by atoms with E-state index < -0.39 is 15.9 Å². The van der Waals surface area contributed by atoms with Crippen LogP contribution in [0.3, 0.4) is 0 Å². The number of anilines is 1. The van der Waals surface area contributed by atoms with Crippen LogP contribution < -0.4 is 4.72 Å². The number of ether oxygens (including phenoxy) is 1. The molecule has 8 heteroatoms. The first-order valence-electron chi connectivity index (χ1n) is 13.5. The van der Waals surface area contributed by atoms with Crippen LogP contribution >= 0.6 is 0 Å². The molecule has 0 bridgehead atoms. The highest BCUT2D eigenvalue weighted by atomic mass is 32.2. The van der Waals surface area contributed by atoms with Gasteiger partial charge in [-0.15, -0.1) is 0 Å². The molecule has 4 fully saturated rings. The molecule has 1 heterocycles. The maximum Gasteiger partial charge on any atom is 0.248 e. The minimum Gasteiger partial charge on any atom is -0.375 e.